The molecule has 106 valence electrons. The molecule has 7 nitrogen and oxygen atoms in total. The third kappa shape index (κ3) is 4.22. The molecular weight excluding hydrogens is 292 g/mol. The molecule has 0 saturated carbocycles. The molecule has 0 bridgehead atoms. The Hall–Kier alpha value is -1.06. The number of nitrogens with zero attached hydrogens (tertiary/aromatic N) is 2. The molecule has 9 heteroatoms. The summed E-state index contributed by atoms with van der Waals surface area (Å²) >= 11 is 0. The summed E-state index contributed by atoms with van der Waals surface area (Å²) in [7, 11) is -6.53. The van der Waals surface area contributed by atoms with E-state index in [0.717, 1.165) is 6.26 Å². The highest BCUT2D eigenvalue weighted by atomic mass is 32.2. The van der Waals surface area contributed by atoms with Crippen LogP contribution in [0.3, 0.4) is 0 Å². The van der Waals surface area contributed by atoms with Crippen LogP contribution < -0.4 is 0 Å². The standard InChI is InChI=1S/C10H14N2O5S2/c1-18(13,14)17-6-9-2-4-11-10(12-9)8-3-5-19(15,16)7-8/h2,4,8H,3,5-7H2,1H3. The fourth-order valence-electron chi connectivity index (χ4n) is 1.86. The van der Waals surface area contributed by atoms with Crippen molar-refractivity contribution < 1.29 is 21.0 Å². The van der Waals surface area contributed by atoms with Crippen LogP contribution in [0, 0.1) is 0 Å². The summed E-state index contributed by atoms with van der Waals surface area (Å²) < 4.78 is 49.2. The molecule has 2 heterocycles. The first-order valence-electron chi connectivity index (χ1n) is 5.62. The zero-order valence-electron chi connectivity index (χ0n) is 10.3. The van der Waals surface area contributed by atoms with Crippen molar-refractivity contribution in [1.29, 1.82) is 0 Å². The van der Waals surface area contributed by atoms with E-state index in [2.05, 4.69) is 14.2 Å². The monoisotopic (exact) mass is 306 g/mol. The molecule has 2 rings (SSSR count). The Bertz CT molecular complexity index is 669. The highest BCUT2D eigenvalue weighted by Gasteiger charge is 2.30. The normalized spacial score (nSPS) is 22.5. The molecule has 1 aliphatic rings. The summed E-state index contributed by atoms with van der Waals surface area (Å²) in [5, 5.41) is 0. The van der Waals surface area contributed by atoms with E-state index in [-0.39, 0.29) is 24.0 Å². The van der Waals surface area contributed by atoms with E-state index in [0.29, 0.717) is 17.9 Å². The van der Waals surface area contributed by atoms with Crippen molar-refractivity contribution in [2.45, 2.75) is 18.9 Å². The summed E-state index contributed by atoms with van der Waals surface area (Å²) in [5.41, 5.74) is 0.416. The molecule has 1 aliphatic heterocycles. The molecule has 1 aromatic heterocycles. The molecule has 0 spiro atoms. The number of hydrogen-bond donors (Lipinski definition) is 0. The Kier molecular flexibility index (Phi) is 3.88. The van der Waals surface area contributed by atoms with Crippen molar-refractivity contribution in [2.24, 2.45) is 0 Å². The van der Waals surface area contributed by atoms with Crippen molar-refractivity contribution in [1.82, 2.24) is 9.97 Å². The van der Waals surface area contributed by atoms with E-state index < -0.39 is 20.0 Å². The quantitative estimate of drug-likeness (QED) is 0.713. The Morgan fingerprint density at radius 2 is 2.21 bits per heavy atom. The largest absolute Gasteiger partial charge is 0.264 e. The van der Waals surface area contributed by atoms with Gasteiger partial charge in [-0.1, -0.05) is 0 Å². The Balaban J connectivity index is 2.12. The second-order valence-corrected chi connectivity index (χ2v) is 8.35. The van der Waals surface area contributed by atoms with E-state index in [4.69, 9.17) is 0 Å². The van der Waals surface area contributed by atoms with Crippen molar-refractivity contribution in [3.63, 3.8) is 0 Å². The molecule has 0 amide bonds. The molecule has 1 saturated heterocycles. The molecule has 1 fully saturated rings. The van der Waals surface area contributed by atoms with Crippen molar-refractivity contribution in [3.05, 3.63) is 23.8 Å². The topological polar surface area (TPSA) is 103 Å². The minimum Gasteiger partial charge on any atom is -0.264 e. The van der Waals surface area contributed by atoms with Gasteiger partial charge in [-0.25, -0.2) is 18.4 Å². The average molecular weight is 306 g/mol. The van der Waals surface area contributed by atoms with E-state index in [1.807, 2.05) is 0 Å². The Labute approximate surface area is 112 Å². The van der Waals surface area contributed by atoms with Crippen LogP contribution in [0.5, 0.6) is 0 Å². The van der Waals surface area contributed by atoms with Gasteiger partial charge < -0.3 is 0 Å². The summed E-state index contributed by atoms with van der Waals surface area (Å²) in [6.45, 7) is -0.173. The van der Waals surface area contributed by atoms with E-state index in [1.54, 1.807) is 0 Å². The zero-order chi connectivity index (χ0) is 14.1. The Morgan fingerprint density at radius 1 is 1.47 bits per heavy atom. The summed E-state index contributed by atoms with van der Waals surface area (Å²) in [6.07, 6.45) is 2.94. The van der Waals surface area contributed by atoms with E-state index in [1.165, 1.54) is 12.3 Å². The van der Waals surface area contributed by atoms with Gasteiger partial charge in [0.05, 0.1) is 23.5 Å². The average Bonchev–Trinajstić information content (AvgIpc) is 2.67. The van der Waals surface area contributed by atoms with Gasteiger partial charge in [-0.05, 0) is 12.5 Å². The lowest BCUT2D eigenvalue weighted by Crippen LogP contribution is -2.10. The van der Waals surface area contributed by atoms with Crippen molar-refractivity contribution >= 4 is 20.0 Å². The van der Waals surface area contributed by atoms with Crippen LogP contribution in [-0.2, 0) is 30.7 Å². The van der Waals surface area contributed by atoms with Gasteiger partial charge in [0.15, 0.2) is 9.84 Å². The molecule has 1 aromatic rings. The van der Waals surface area contributed by atoms with E-state index in [9.17, 15) is 16.8 Å². The molecule has 19 heavy (non-hydrogen) atoms. The highest BCUT2D eigenvalue weighted by molar-refractivity contribution is 7.91. The van der Waals surface area contributed by atoms with Gasteiger partial charge in [0.1, 0.15) is 12.4 Å². The molecule has 1 unspecified atom stereocenters. The van der Waals surface area contributed by atoms with Gasteiger partial charge in [-0.15, -0.1) is 0 Å². The van der Waals surface area contributed by atoms with Crippen molar-refractivity contribution in [3.8, 4) is 0 Å². The number of rotatable bonds is 4. The van der Waals surface area contributed by atoms with Gasteiger partial charge in [0.25, 0.3) is 10.1 Å². The van der Waals surface area contributed by atoms with Crippen LogP contribution in [-0.4, -0.2) is 44.6 Å². The molecule has 0 N–H and O–H groups in total. The number of aromatic nitrogens is 2. The lowest BCUT2D eigenvalue weighted by molar-refractivity contribution is 0.306. The minimum atomic E-state index is -3.53. The molecule has 1 atom stereocenters. The van der Waals surface area contributed by atoms with Gasteiger partial charge in [-0.3, -0.25) is 4.18 Å². The first-order chi connectivity index (χ1) is 8.75. The van der Waals surface area contributed by atoms with Gasteiger partial charge in [0, 0.05) is 12.1 Å². The smallest absolute Gasteiger partial charge is 0.264 e. The third-order valence-electron chi connectivity index (χ3n) is 2.75. The predicted molar refractivity (Wildman–Crippen MR) is 67.7 cm³/mol. The lowest BCUT2D eigenvalue weighted by Gasteiger charge is -2.07. The first kappa shape index (κ1) is 14.4. The molecular formula is C10H14N2O5S2. The molecule has 0 radical (unpaired) electrons. The van der Waals surface area contributed by atoms with Gasteiger partial charge in [-0.2, -0.15) is 8.42 Å². The minimum absolute atomic E-state index is 0.0450. The zero-order valence-corrected chi connectivity index (χ0v) is 11.9. The second kappa shape index (κ2) is 5.14. The fourth-order valence-corrected chi connectivity index (χ4v) is 3.93. The van der Waals surface area contributed by atoms with Crippen LogP contribution >= 0.6 is 0 Å². The predicted octanol–water partition coefficient (Wildman–Crippen LogP) is -0.145. The molecule has 0 aromatic carbocycles. The molecule has 0 aliphatic carbocycles. The first-order valence-corrected chi connectivity index (χ1v) is 9.26. The van der Waals surface area contributed by atoms with Crippen LogP contribution in [0.2, 0.25) is 0 Å². The maximum Gasteiger partial charge on any atom is 0.264 e. The summed E-state index contributed by atoms with van der Waals surface area (Å²) in [4.78, 5) is 8.21. The maximum atomic E-state index is 11.4. The van der Waals surface area contributed by atoms with Gasteiger partial charge in [0.2, 0.25) is 0 Å². The number of hydrogen-bond acceptors (Lipinski definition) is 7. The summed E-state index contributed by atoms with van der Waals surface area (Å²) in [6, 6.07) is 1.54. The maximum absolute atomic E-state index is 11.4. The summed E-state index contributed by atoms with van der Waals surface area (Å²) in [5.74, 6) is 0.396. The fraction of sp³-hybridized carbons (Fsp3) is 0.600. The number of sulfone groups is 1. The van der Waals surface area contributed by atoms with Crippen molar-refractivity contribution in [2.75, 3.05) is 17.8 Å². The second-order valence-electron chi connectivity index (χ2n) is 4.47. The highest BCUT2D eigenvalue weighted by Crippen LogP contribution is 2.26. The van der Waals surface area contributed by atoms with Crippen LogP contribution in [0.1, 0.15) is 23.9 Å². The SMILES string of the molecule is CS(=O)(=O)OCc1ccnc(C2CCS(=O)(=O)C2)n1. The van der Waals surface area contributed by atoms with Gasteiger partial charge >= 0.3 is 0 Å². The van der Waals surface area contributed by atoms with E-state index >= 15 is 0 Å². The van der Waals surface area contributed by atoms with Crippen LogP contribution in [0.15, 0.2) is 12.3 Å². The van der Waals surface area contributed by atoms with Crippen LogP contribution in [0.25, 0.3) is 0 Å². The third-order valence-corrected chi connectivity index (χ3v) is 5.06. The van der Waals surface area contributed by atoms with Crippen LogP contribution in [0.4, 0.5) is 0 Å². The Morgan fingerprint density at radius 3 is 2.79 bits per heavy atom. The lowest BCUT2D eigenvalue weighted by atomic mass is 10.1.